The highest BCUT2D eigenvalue weighted by Gasteiger charge is 2.07. The van der Waals surface area contributed by atoms with Crippen molar-refractivity contribution in [1.82, 2.24) is 4.98 Å². The first-order valence-electron chi connectivity index (χ1n) is 6.76. The average molecular weight is 289 g/mol. The molecule has 4 heteroatoms. The van der Waals surface area contributed by atoms with E-state index in [2.05, 4.69) is 4.98 Å². The third-order valence-corrected chi connectivity index (χ3v) is 3.82. The summed E-state index contributed by atoms with van der Waals surface area (Å²) < 4.78 is 5.60. The predicted molar refractivity (Wildman–Crippen MR) is 81.5 cm³/mol. The van der Waals surface area contributed by atoms with Crippen molar-refractivity contribution in [3.63, 3.8) is 0 Å². The Morgan fingerprint density at radius 1 is 1.25 bits per heavy atom. The average Bonchev–Trinajstić information content (AvgIpc) is 2.82. The molecule has 0 saturated heterocycles. The number of aryl methyl sites for hydroxylation is 2. The first kappa shape index (κ1) is 14.7. The molecule has 1 aromatic heterocycles. The smallest absolute Gasteiger partial charge is 0.139 e. The molecule has 0 atom stereocenters. The van der Waals surface area contributed by atoms with Gasteiger partial charge in [0.05, 0.1) is 13.0 Å². The van der Waals surface area contributed by atoms with Crippen molar-refractivity contribution < 1.29 is 9.53 Å². The number of benzene rings is 1. The van der Waals surface area contributed by atoms with Crippen LogP contribution in [0.3, 0.4) is 0 Å². The first-order valence-corrected chi connectivity index (χ1v) is 7.57. The second kappa shape index (κ2) is 7.20. The fraction of sp³-hybridized carbons (Fsp3) is 0.375. The second-order valence-electron chi connectivity index (χ2n) is 4.85. The number of nitrogens with zero attached hydrogens (tertiary/aromatic N) is 1. The summed E-state index contributed by atoms with van der Waals surface area (Å²) in [6, 6.07) is 7.95. The minimum Gasteiger partial charge on any atom is -0.494 e. The van der Waals surface area contributed by atoms with E-state index in [1.165, 1.54) is 5.56 Å². The molecule has 1 aromatic carbocycles. The predicted octanol–water partition coefficient (Wildman–Crippen LogP) is 3.73. The number of carbonyl (C=O) groups excluding carboxylic acids is 1. The van der Waals surface area contributed by atoms with Gasteiger partial charge in [0.2, 0.25) is 0 Å². The zero-order chi connectivity index (χ0) is 14.4. The molecule has 0 fully saturated rings. The summed E-state index contributed by atoms with van der Waals surface area (Å²) in [6.45, 7) is 4.62. The molecule has 0 aliphatic carbocycles. The minimum atomic E-state index is 0.229. The maximum atomic E-state index is 11.8. The zero-order valence-corrected chi connectivity index (χ0v) is 12.7. The molecule has 0 unspecified atom stereocenters. The molecule has 20 heavy (non-hydrogen) atoms. The lowest BCUT2D eigenvalue weighted by Gasteiger charge is -2.05. The summed E-state index contributed by atoms with van der Waals surface area (Å²) in [4.78, 5) is 17.1. The molecule has 0 spiro atoms. The van der Waals surface area contributed by atoms with E-state index in [-0.39, 0.29) is 5.78 Å². The molecular weight excluding hydrogens is 270 g/mol. The van der Waals surface area contributed by atoms with Gasteiger partial charge in [0.1, 0.15) is 16.5 Å². The van der Waals surface area contributed by atoms with Crippen molar-refractivity contribution in [3.05, 3.63) is 45.9 Å². The molecule has 0 aliphatic heterocycles. The molecule has 106 valence electrons. The molecular formula is C16H19NO2S. The van der Waals surface area contributed by atoms with Crippen LogP contribution in [-0.4, -0.2) is 17.4 Å². The highest BCUT2D eigenvalue weighted by molar-refractivity contribution is 7.11. The molecule has 0 saturated carbocycles. The van der Waals surface area contributed by atoms with Gasteiger partial charge in [0.15, 0.2) is 0 Å². The van der Waals surface area contributed by atoms with Crippen molar-refractivity contribution >= 4 is 17.1 Å². The van der Waals surface area contributed by atoms with E-state index in [9.17, 15) is 4.79 Å². The van der Waals surface area contributed by atoms with Crippen LogP contribution < -0.4 is 4.74 Å². The summed E-state index contributed by atoms with van der Waals surface area (Å²) >= 11 is 1.59. The molecule has 1 heterocycles. The van der Waals surface area contributed by atoms with Crippen LogP contribution in [-0.2, 0) is 11.2 Å². The van der Waals surface area contributed by atoms with E-state index in [0.29, 0.717) is 19.4 Å². The second-order valence-corrected chi connectivity index (χ2v) is 6.16. The minimum absolute atomic E-state index is 0.229. The Morgan fingerprint density at radius 3 is 2.65 bits per heavy atom. The summed E-state index contributed by atoms with van der Waals surface area (Å²) in [5.41, 5.74) is 1.21. The Balaban J connectivity index is 1.65. The van der Waals surface area contributed by atoms with Gasteiger partial charge in [-0.2, -0.15) is 0 Å². The Labute approximate surface area is 123 Å². The van der Waals surface area contributed by atoms with E-state index in [4.69, 9.17) is 4.74 Å². The topological polar surface area (TPSA) is 39.2 Å². The van der Waals surface area contributed by atoms with Crippen molar-refractivity contribution in [3.8, 4) is 5.75 Å². The molecule has 2 aromatic rings. The largest absolute Gasteiger partial charge is 0.494 e. The number of ether oxygens (including phenoxy) is 1. The van der Waals surface area contributed by atoms with Crippen LogP contribution in [0.4, 0.5) is 0 Å². The van der Waals surface area contributed by atoms with E-state index in [1.54, 1.807) is 11.3 Å². The molecule has 0 radical (unpaired) electrons. The summed E-state index contributed by atoms with van der Waals surface area (Å²) in [5.74, 6) is 1.09. The highest BCUT2D eigenvalue weighted by atomic mass is 32.1. The number of hydrogen-bond donors (Lipinski definition) is 0. The van der Waals surface area contributed by atoms with E-state index < -0.39 is 0 Å². The monoisotopic (exact) mass is 289 g/mol. The molecule has 0 amide bonds. The van der Waals surface area contributed by atoms with Gasteiger partial charge in [-0.25, -0.2) is 4.98 Å². The summed E-state index contributed by atoms with van der Waals surface area (Å²) in [5, 5.41) is 0.909. The quantitative estimate of drug-likeness (QED) is 0.729. The SMILES string of the molecule is Cc1ccc(OCCCC(=O)Cc2ncc(C)s2)cc1. The van der Waals surface area contributed by atoms with Crippen LogP contribution in [0.1, 0.15) is 28.3 Å². The van der Waals surface area contributed by atoms with Gasteiger partial charge in [-0.1, -0.05) is 17.7 Å². The number of aromatic nitrogens is 1. The molecule has 0 bridgehead atoms. The lowest BCUT2D eigenvalue weighted by molar-refractivity contribution is -0.118. The zero-order valence-electron chi connectivity index (χ0n) is 11.9. The Morgan fingerprint density at radius 2 is 2.00 bits per heavy atom. The highest BCUT2D eigenvalue weighted by Crippen LogP contribution is 2.14. The van der Waals surface area contributed by atoms with Gasteiger partial charge in [-0.15, -0.1) is 11.3 Å². The van der Waals surface area contributed by atoms with Gasteiger partial charge in [-0.3, -0.25) is 4.79 Å². The maximum absolute atomic E-state index is 11.8. The molecule has 3 nitrogen and oxygen atoms in total. The van der Waals surface area contributed by atoms with Gasteiger partial charge in [-0.05, 0) is 32.4 Å². The van der Waals surface area contributed by atoms with Gasteiger partial charge in [0, 0.05) is 17.5 Å². The van der Waals surface area contributed by atoms with Gasteiger partial charge >= 0.3 is 0 Å². The maximum Gasteiger partial charge on any atom is 0.139 e. The first-order chi connectivity index (χ1) is 9.63. The summed E-state index contributed by atoms with van der Waals surface area (Å²) in [6.07, 6.45) is 3.55. The fourth-order valence-corrected chi connectivity index (χ4v) is 2.65. The van der Waals surface area contributed by atoms with Crippen molar-refractivity contribution in [2.75, 3.05) is 6.61 Å². The number of carbonyl (C=O) groups is 1. The number of thiazole rings is 1. The lowest BCUT2D eigenvalue weighted by atomic mass is 10.2. The van der Waals surface area contributed by atoms with Crippen LogP contribution in [0, 0.1) is 13.8 Å². The van der Waals surface area contributed by atoms with Crippen LogP contribution in [0.15, 0.2) is 30.5 Å². The van der Waals surface area contributed by atoms with Gasteiger partial charge < -0.3 is 4.74 Å². The molecule has 2 rings (SSSR count). The van der Waals surface area contributed by atoms with Crippen molar-refractivity contribution in [2.45, 2.75) is 33.1 Å². The number of ketones is 1. The van der Waals surface area contributed by atoms with Crippen molar-refractivity contribution in [1.29, 1.82) is 0 Å². The van der Waals surface area contributed by atoms with E-state index in [0.717, 1.165) is 22.1 Å². The molecule has 0 aliphatic rings. The van der Waals surface area contributed by atoms with Crippen LogP contribution in [0.25, 0.3) is 0 Å². The summed E-state index contributed by atoms with van der Waals surface area (Å²) in [7, 11) is 0. The van der Waals surface area contributed by atoms with Crippen LogP contribution >= 0.6 is 11.3 Å². The third-order valence-electron chi connectivity index (χ3n) is 2.91. The molecule has 0 N–H and O–H groups in total. The Kier molecular flexibility index (Phi) is 5.30. The van der Waals surface area contributed by atoms with Crippen LogP contribution in [0.2, 0.25) is 0 Å². The normalized spacial score (nSPS) is 10.5. The standard InChI is InChI=1S/C16H19NO2S/c1-12-5-7-15(8-6-12)19-9-3-4-14(18)10-16-17-11-13(2)20-16/h5-8,11H,3-4,9-10H2,1-2H3. The Hall–Kier alpha value is -1.68. The fourth-order valence-electron chi connectivity index (χ4n) is 1.83. The number of hydrogen-bond acceptors (Lipinski definition) is 4. The van der Waals surface area contributed by atoms with E-state index >= 15 is 0 Å². The number of Topliss-reactive ketones (excluding diaryl/α,β-unsaturated/α-hetero) is 1. The Bertz CT molecular complexity index is 560. The van der Waals surface area contributed by atoms with Crippen LogP contribution in [0.5, 0.6) is 5.75 Å². The third kappa shape index (κ3) is 4.78. The van der Waals surface area contributed by atoms with E-state index in [1.807, 2.05) is 44.3 Å². The lowest BCUT2D eigenvalue weighted by Crippen LogP contribution is -2.05. The number of rotatable bonds is 7. The van der Waals surface area contributed by atoms with Crippen molar-refractivity contribution in [2.24, 2.45) is 0 Å². The van der Waals surface area contributed by atoms with Gasteiger partial charge in [0.25, 0.3) is 0 Å².